The highest BCUT2D eigenvalue weighted by molar-refractivity contribution is 5.70. The molecule has 0 aromatic heterocycles. The minimum atomic E-state index is -0.494. The van der Waals surface area contributed by atoms with Crippen LogP contribution in [0.15, 0.2) is 0 Å². The van der Waals surface area contributed by atoms with Crippen LogP contribution in [-0.4, -0.2) is 36.9 Å². The maximum absolute atomic E-state index is 11.3. The molecule has 1 rings (SSSR count). The maximum Gasteiger partial charge on any atom is 0.306 e. The highest BCUT2D eigenvalue weighted by Crippen LogP contribution is 2.21. The second-order valence-electron chi connectivity index (χ2n) is 4.05. The van der Waals surface area contributed by atoms with Crippen molar-refractivity contribution in [3.63, 3.8) is 0 Å². The Morgan fingerprint density at radius 1 is 1.18 bits per heavy atom. The fourth-order valence-corrected chi connectivity index (χ4v) is 1.72. The molecule has 5 nitrogen and oxygen atoms in total. The van der Waals surface area contributed by atoms with Gasteiger partial charge in [0, 0.05) is 19.3 Å². The Hall–Kier alpha value is -1.10. The predicted octanol–water partition coefficient (Wildman–Crippen LogP) is 1.44. The molecule has 0 amide bonds. The lowest BCUT2D eigenvalue weighted by Gasteiger charge is -2.35. The number of carbonyl (C=O) groups excluding carboxylic acids is 2. The first-order valence-corrected chi connectivity index (χ1v) is 6.09. The summed E-state index contributed by atoms with van der Waals surface area (Å²) in [5.41, 5.74) is 0. The van der Waals surface area contributed by atoms with Crippen LogP contribution in [0.3, 0.4) is 0 Å². The van der Waals surface area contributed by atoms with Crippen molar-refractivity contribution in [3.05, 3.63) is 0 Å². The summed E-state index contributed by atoms with van der Waals surface area (Å²) in [6.07, 6.45) is 0.0672. The Labute approximate surface area is 101 Å². The molecular formula is C12H20O5. The Morgan fingerprint density at radius 2 is 1.76 bits per heavy atom. The fourth-order valence-electron chi connectivity index (χ4n) is 1.72. The first-order valence-electron chi connectivity index (χ1n) is 6.09. The summed E-state index contributed by atoms with van der Waals surface area (Å²) in [5, 5.41) is 0. The van der Waals surface area contributed by atoms with Crippen molar-refractivity contribution in [1.82, 2.24) is 0 Å². The number of hydrogen-bond acceptors (Lipinski definition) is 5. The van der Waals surface area contributed by atoms with Gasteiger partial charge in [0.15, 0.2) is 6.10 Å². The standard InChI is InChI=1S/C12H20O5/c1-4-10(13)16-9-6-7-15-8(3)12(9)17-11(14)5-2/h8-9,12H,4-7H2,1-3H3/t8-,9-,12+/m0/s1. The first-order chi connectivity index (χ1) is 8.08. The van der Waals surface area contributed by atoms with E-state index in [1.54, 1.807) is 13.8 Å². The number of hydrogen-bond donors (Lipinski definition) is 0. The van der Waals surface area contributed by atoms with E-state index in [1.807, 2.05) is 6.92 Å². The van der Waals surface area contributed by atoms with E-state index in [0.29, 0.717) is 25.9 Å². The van der Waals surface area contributed by atoms with E-state index in [9.17, 15) is 9.59 Å². The molecule has 0 radical (unpaired) electrons. The van der Waals surface area contributed by atoms with Gasteiger partial charge >= 0.3 is 11.9 Å². The average molecular weight is 244 g/mol. The number of ether oxygens (including phenoxy) is 3. The van der Waals surface area contributed by atoms with Crippen molar-refractivity contribution in [1.29, 1.82) is 0 Å². The highest BCUT2D eigenvalue weighted by Gasteiger charge is 2.36. The van der Waals surface area contributed by atoms with Gasteiger partial charge < -0.3 is 14.2 Å². The Kier molecular flexibility index (Phi) is 5.41. The van der Waals surface area contributed by atoms with Gasteiger partial charge in [-0.3, -0.25) is 9.59 Å². The maximum atomic E-state index is 11.3. The molecule has 98 valence electrons. The van der Waals surface area contributed by atoms with E-state index >= 15 is 0 Å². The average Bonchev–Trinajstić information content (AvgIpc) is 2.33. The molecule has 0 aliphatic carbocycles. The normalized spacial score (nSPS) is 28.5. The predicted molar refractivity (Wildman–Crippen MR) is 60.4 cm³/mol. The van der Waals surface area contributed by atoms with Gasteiger partial charge in [0.1, 0.15) is 6.10 Å². The molecule has 1 aliphatic heterocycles. The van der Waals surface area contributed by atoms with Crippen molar-refractivity contribution >= 4 is 11.9 Å². The second-order valence-corrected chi connectivity index (χ2v) is 4.05. The van der Waals surface area contributed by atoms with Crippen LogP contribution in [-0.2, 0) is 23.8 Å². The molecule has 0 N–H and O–H groups in total. The molecule has 1 heterocycles. The summed E-state index contributed by atoms with van der Waals surface area (Å²) >= 11 is 0. The molecule has 1 fully saturated rings. The SMILES string of the molecule is CCC(=O)O[C@@H]1[C@H](C)OCC[C@@H]1OC(=O)CC. The largest absolute Gasteiger partial charge is 0.458 e. The van der Waals surface area contributed by atoms with Crippen molar-refractivity contribution in [2.75, 3.05) is 6.61 Å². The van der Waals surface area contributed by atoms with Gasteiger partial charge in [-0.05, 0) is 6.92 Å². The van der Waals surface area contributed by atoms with Gasteiger partial charge in [-0.15, -0.1) is 0 Å². The third-order valence-corrected chi connectivity index (χ3v) is 2.74. The van der Waals surface area contributed by atoms with Crippen molar-refractivity contribution in [3.8, 4) is 0 Å². The smallest absolute Gasteiger partial charge is 0.306 e. The molecule has 0 spiro atoms. The van der Waals surface area contributed by atoms with Gasteiger partial charge in [0.05, 0.1) is 12.7 Å². The van der Waals surface area contributed by atoms with Crippen LogP contribution < -0.4 is 0 Å². The summed E-state index contributed by atoms with van der Waals surface area (Å²) in [6, 6.07) is 0. The molecule has 17 heavy (non-hydrogen) atoms. The molecule has 0 aromatic carbocycles. The molecule has 1 aliphatic rings. The lowest BCUT2D eigenvalue weighted by molar-refractivity contribution is -0.193. The van der Waals surface area contributed by atoms with E-state index in [0.717, 1.165) is 0 Å². The second kappa shape index (κ2) is 6.59. The van der Waals surface area contributed by atoms with E-state index in [-0.39, 0.29) is 24.1 Å². The zero-order chi connectivity index (χ0) is 12.8. The summed E-state index contributed by atoms with van der Waals surface area (Å²) in [5.74, 6) is -0.577. The zero-order valence-electron chi connectivity index (χ0n) is 10.6. The monoisotopic (exact) mass is 244 g/mol. The van der Waals surface area contributed by atoms with E-state index < -0.39 is 6.10 Å². The quantitative estimate of drug-likeness (QED) is 0.700. The van der Waals surface area contributed by atoms with Crippen molar-refractivity contribution in [2.45, 2.75) is 58.3 Å². The summed E-state index contributed by atoms with van der Waals surface area (Å²) in [7, 11) is 0. The van der Waals surface area contributed by atoms with Crippen LogP contribution in [0.1, 0.15) is 40.0 Å². The third kappa shape index (κ3) is 4.00. The lowest BCUT2D eigenvalue weighted by Crippen LogP contribution is -2.47. The molecule has 0 unspecified atom stereocenters. The van der Waals surface area contributed by atoms with Crippen LogP contribution >= 0.6 is 0 Å². The third-order valence-electron chi connectivity index (χ3n) is 2.74. The van der Waals surface area contributed by atoms with E-state index in [1.165, 1.54) is 0 Å². The highest BCUT2D eigenvalue weighted by atomic mass is 16.6. The molecule has 1 saturated heterocycles. The van der Waals surface area contributed by atoms with Crippen LogP contribution in [0.2, 0.25) is 0 Å². The number of rotatable bonds is 4. The van der Waals surface area contributed by atoms with Gasteiger partial charge in [0.25, 0.3) is 0 Å². The van der Waals surface area contributed by atoms with Crippen molar-refractivity contribution in [2.24, 2.45) is 0 Å². The molecule has 0 bridgehead atoms. The number of esters is 2. The zero-order valence-corrected chi connectivity index (χ0v) is 10.6. The van der Waals surface area contributed by atoms with Gasteiger partial charge in [-0.25, -0.2) is 0 Å². The van der Waals surface area contributed by atoms with E-state index in [4.69, 9.17) is 14.2 Å². The van der Waals surface area contributed by atoms with Gasteiger partial charge in [-0.2, -0.15) is 0 Å². The van der Waals surface area contributed by atoms with Crippen LogP contribution in [0.25, 0.3) is 0 Å². The van der Waals surface area contributed by atoms with Crippen LogP contribution in [0.5, 0.6) is 0 Å². The van der Waals surface area contributed by atoms with E-state index in [2.05, 4.69) is 0 Å². The minimum Gasteiger partial charge on any atom is -0.458 e. The lowest BCUT2D eigenvalue weighted by atomic mass is 10.0. The number of carbonyl (C=O) groups is 2. The van der Waals surface area contributed by atoms with Crippen LogP contribution in [0, 0.1) is 0 Å². The molecule has 0 aromatic rings. The first kappa shape index (κ1) is 14.0. The topological polar surface area (TPSA) is 61.8 Å². The fraction of sp³-hybridized carbons (Fsp3) is 0.833. The molecule has 5 heteroatoms. The molecule has 3 atom stereocenters. The van der Waals surface area contributed by atoms with Gasteiger partial charge in [0.2, 0.25) is 0 Å². The Morgan fingerprint density at radius 3 is 2.35 bits per heavy atom. The van der Waals surface area contributed by atoms with Crippen molar-refractivity contribution < 1.29 is 23.8 Å². The van der Waals surface area contributed by atoms with Gasteiger partial charge in [-0.1, -0.05) is 13.8 Å². The summed E-state index contributed by atoms with van der Waals surface area (Å²) in [6.45, 7) is 5.80. The summed E-state index contributed by atoms with van der Waals surface area (Å²) in [4.78, 5) is 22.6. The summed E-state index contributed by atoms with van der Waals surface area (Å²) < 4.78 is 16.0. The van der Waals surface area contributed by atoms with Crippen LogP contribution in [0.4, 0.5) is 0 Å². The minimum absolute atomic E-state index is 0.242. The Bertz CT molecular complexity index is 276. The Balaban J connectivity index is 2.63. The molecular weight excluding hydrogens is 224 g/mol. The molecule has 0 saturated carbocycles.